The number of benzene rings is 3. The third-order valence-electron chi connectivity index (χ3n) is 13.9. The molecule has 1 atom stereocenters. The zero-order valence-corrected chi connectivity index (χ0v) is 36.5. The van der Waals surface area contributed by atoms with Crippen LogP contribution >= 0.6 is 11.3 Å². The Morgan fingerprint density at radius 1 is 0.984 bits per heavy atom. The third kappa shape index (κ3) is 8.35. The number of likely N-dealkylation sites (tertiary alicyclic amines) is 1. The number of carbonyl (C=O) groups is 3. The molecule has 1 unspecified atom stereocenters. The first-order valence-electron chi connectivity index (χ1n) is 22.2. The topological polar surface area (TPSA) is 163 Å². The van der Waals surface area contributed by atoms with E-state index in [2.05, 4.69) is 49.2 Å². The summed E-state index contributed by atoms with van der Waals surface area (Å²) in [6.45, 7) is 7.60. The van der Waals surface area contributed by atoms with Crippen LogP contribution < -0.4 is 16.0 Å². The molecule has 2 aliphatic carbocycles. The van der Waals surface area contributed by atoms with Crippen molar-refractivity contribution in [3.8, 4) is 0 Å². The average molecular weight is 894 g/mol. The first kappa shape index (κ1) is 42.5. The van der Waals surface area contributed by atoms with Crippen LogP contribution in [0.1, 0.15) is 116 Å². The smallest absolute Gasteiger partial charge is 0.386 e. The van der Waals surface area contributed by atoms with Crippen molar-refractivity contribution in [3.05, 3.63) is 88.3 Å². The van der Waals surface area contributed by atoms with E-state index in [4.69, 9.17) is 9.51 Å². The molecule has 4 fully saturated rings. The van der Waals surface area contributed by atoms with Crippen LogP contribution in [0.25, 0.3) is 32.0 Å². The molecule has 12 nitrogen and oxygen atoms in total. The molecule has 6 aromatic rings. The standard InChI is InChI=1S/C48H50F3N7O5S/c1-46(2,62)33-19-36-38(20-35(33)54-44(61)34-4-3-5-39(53-34)48(49,50)51)64-45(55-36)28-8-6-26(7-9-28)23-58-24-47(25-58)21-27(22-47)16-17-52-30-11-12-31-29(18-30)10-14-37-41(31)42(57-63-37)32-13-15-40(59)56-43(32)60/h3-5,10-12,14,18-20,26-28,32,52,62H,6-9,13,15-17,21-25H2,1-2H3,(H,54,61)(H,56,59,60). The molecule has 0 radical (unpaired) electrons. The summed E-state index contributed by atoms with van der Waals surface area (Å²) in [7, 11) is 0. The largest absolute Gasteiger partial charge is 0.433 e. The number of pyridine rings is 1. The number of anilines is 2. The number of nitrogens with zero attached hydrogens (tertiary/aromatic N) is 4. The molecule has 3 amide bonds. The minimum absolute atomic E-state index is 0.253. The van der Waals surface area contributed by atoms with Gasteiger partial charge in [0.25, 0.3) is 5.91 Å². The molecule has 0 bridgehead atoms. The normalized spacial score (nSPS) is 21.9. The Balaban J connectivity index is 0.684. The Kier molecular flexibility index (Phi) is 10.8. The Morgan fingerprint density at radius 3 is 2.53 bits per heavy atom. The number of fused-ring (bicyclic) bond motifs is 4. The Hall–Kier alpha value is -5.45. The number of carbonyl (C=O) groups excluding carboxylic acids is 3. The summed E-state index contributed by atoms with van der Waals surface area (Å²) in [6, 6.07) is 16.9. The highest BCUT2D eigenvalue weighted by Crippen LogP contribution is 2.53. The summed E-state index contributed by atoms with van der Waals surface area (Å²) in [5.74, 6) is -0.173. The van der Waals surface area contributed by atoms with Crippen molar-refractivity contribution in [1.82, 2.24) is 25.3 Å². The van der Waals surface area contributed by atoms with Crippen LogP contribution in [0.2, 0.25) is 0 Å². The van der Waals surface area contributed by atoms with Gasteiger partial charge in [-0.15, -0.1) is 11.3 Å². The van der Waals surface area contributed by atoms with Crippen LogP contribution in [-0.2, 0) is 21.4 Å². The minimum Gasteiger partial charge on any atom is -0.386 e. The van der Waals surface area contributed by atoms with Gasteiger partial charge in [0.2, 0.25) is 11.8 Å². The van der Waals surface area contributed by atoms with Crippen molar-refractivity contribution in [2.45, 2.75) is 95.2 Å². The maximum Gasteiger partial charge on any atom is 0.433 e. The van der Waals surface area contributed by atoms with Crippen molar-refractivity contribution >= 4 is 72.4 Å². The van der Waals surface area contributed by atoms with Gasteiger partial charge in [-0.1, -0.05) is 23.4 Å². The monoisotopic (exact) mass is 893 g/mol. The minimum atomic E-state index is -4.68. The predicted octanol–water partition coefficient (Wildman–Crippen LogP) is 9.49. The molecule has 4 aliphatic rings. The lowest BCUT2D eigenvalue weighted by Crippen LogP contribution is -2.63. The molecule has 3 aromatic heterocycles. The molecular weight excluding hydrogens is 844 g/mol. The van der Waals surface area contributed by atoms with Gasteiger partial charge in [0.05, 0.1) is 32.1 Å². The fraction of sp³-hybridized carbons (Fsp3) is 0.458. The summed E-state index contributed by atoms with van der Waals surface area (Å²) in [6.07, 6.45) is 4.09. The molecule has 4 N–H and O–H groups in total. The Morgan fingerprint density at radius 2 is 1.78 bits per heavy atom. The number of aliphatic hydroxyl groups is 1. The number of nitrogens with one attached hydrogen (secondary N) is 3. The van der Waals surface area contributed by atoms with Crippen LogP contribution in [-0.4, -0.2) is 69.0 Å². The van der Waals surface area contributed by atoms with E-state index in [1.54, 1.807) is 37.3 Å². The quantitative estimate of drug-likeness (QED) is 0.0922. The van der Waals surface area contributed by atoms with Crippen LogP contribution in [0.15, 0.2) is 65.2 Å². The van der Waals surface area contributed by atoms with E-state index >= 15 is 0 Å². The second-order valence-electron chi connectivity index (χ2n) is 19.2. The third-order valence-corrected chi connectivity index (χ3v) is 15.1. The van der Waals surface area contributed by atoms with Crippen LogP contribution in [0.3, 0.4) is 0 Å². The molecule has 64 heavy (non-hydrogen) atoms. The second-order valence-corrected chi connectivity index (χ2v) is 20.2. The zero-order chi connectivity index (χ0) is 44.5. The molecule has 2 saturated heterocycles. The molecule has 2 saturated carbocycles. The molecule has 334 valence electrons. The summed E-state index contributed by atoms with van der Waals surface area (Å²) < 4.78 is 46.3. The number of imide groups is 1. The van der Waals surface area contributed by atoms with E-state index in [-0.39, 0.29) is 23.9 Å². The first-order valence-corrected chi connectivity index (χ1v) is 23.0. The van der Waals surface area contributed by atoms with Gasteiger partial charge >= 0.3 is 6.18 Å². The van der Waals surface area contributed by atoms with Gasteiger partial charge in [-0.3, -0.25) is 19.7 Å². The molecule has 10 rings (SSSR count). The number of thiazole rings is 1. The molecule has 5 heterocycles. The molecule has 1 spiro atoms. The van der Waals surface area contributed by atoms with Crippen molar-refractivity contribution in [2.75, 3.05) is 36.8 Å². The maximum absolute atomic E-state index is 13.3. The molecule has 16 heteroatoms. The maximum atomic E-state index is 13.3. The highest BCUT2D eigenvalue weighted by molar-refractivity contribution is 7.18. The lowest BCUT2D eigenvalue weighted by Gasteiger charge is -2.60. The highest BCUT2D eigenvalue weighted by Gasteiger charge is 2.52. The number of halogens is 3. The predicted molar refractivity (Wildman–Crippen MR) is 238 cm³/mol. The summed E-state index contributed by atoms with van der Waals surface area (Å²) in [5, 5.41) is 27.9. The lowest BCUT2D eigenvalue weighted by molar-refractivity contribution is -0.141. The number of piperidine rings is 1. The van der Waals surface area contributed by atoms with Gasteiger partial charge in [-0.2, -0.15) is 13.2 Å². The van der Waals surface area contributed by atoms with Crippen molar-refractivity contribution in [1.29, 1.82) is 0 Å². The SMILES string of the molecule is CC(C)(O)c1cc2nc(C3CCC(CN4CC5(CC(CCNc6ccc7c(ccc8onc(C9CCC(=O)NC9=O)c87)c6)C5)C4)CC3)sc2cc1NC(=O)c1cccc(C(F)(F)F)n1. The zero-order valence-electron chi connectivity index (χ0n) is 35.7. The van der Waals surface area contributed by atoms with Gasteiger partial charge in [0, 0.05) is 55.5 Å². The van der Waals surface area contributed by atoms with Gasteiger partial charge in [0.1, 0.15) is 17.1 Å². The fourth-order valence-electron chi connectivity index (χ4n) is 10.8. The second kappa shape index (κ2) is 16.2. The van der Waals surface area contributed by atoms with Crippen molar-refractivity contribution in [3.63, 3.8) is 0 Å². The van der Waals surface area contributed by atoms with E-state index in [0.717, 1.165) is 100 Å². The number of alkyl halides is 3. The average Bonchev–Trinajstić information content (AvgIpc) is 3.86. The number of hydrogen-bond acceptors (Lipinski definition) is 11. The van der Waals surface area contributed by atoms with Gasteiger partial charge in [-0.05, 0) is 136 Å². The van der Waals surface area contributed by atoms with E-state index in [0.29, 0.717) is 46.2 Å². The lowest BCUT2D eigenvalue weighted by atomic mass is 9.57. The molecule has 2 aliphatic heterocycles. The molecule has 3 aromatic carbocycles. The van der Waals surface area contributed by atoms with E-state index in [9.17, 15) is 32.7 Å². The highest BCUT2D eigenvalue weighted by atomic mass is 32.1. The summed E-state index contributed by atoms with van der Waals surface area (Å²) in [4.78, 5) is 48.6. The first-order chi connectivity index (χ1) is 30.6. The van der Waals surface area contributed by atoms with Crippen molar-refractivity contribution < 1.29 is 37.2 Å². The van der Waals surface area contributed by atoms with E-state index in [1.165, 1.54) is 32.0 Å². The number of aromatic nitrogens is 3. The Labute approximate surface area is 371 Å². The van der Waals surface area contributed by atoms with Gasteiger partial charge in [-0.25, -0.2) is 9.97 Å². The van der Waals surface area contributed by atoms with Crippen molar-refractivity contribution in [2.24, 2.45) is 17.3 Å². The van der Waals surface area contributed by atoms with Gasteiger partial charge < -0.3 is 25.2 Å². The summed E-state index contributed by atoms with van der Waals surface area (Å²) in [5.41, 5.74) is 1.33. The molecular formula is C48H50F3N7O5S. The summed E-state index contributed by atoms with van der Waals surface area (Å²) >= 11 is 1.57. The van der Waals surface area contributed by atoms with Crippen LogP contribution in [0.5, 0.6) is 0 Å². The van der Waals surface area contributed by atoms with E-state index < -0.39 is 29.3 Å². The van der Waals surface area contributed by atoms with Crippen LogP contribution in [0.4, 0.5) is 24.5 Å². The number of amides is 3. The fourth-order valence-corrected chi connectivity index (χ4v) is 12.0. The Bertz CT molecular complexity index is 2790. The number of hydrogen-bond donors (Lipinski definition) is 4. The number of rotatable bonds is 11. The van der Waals surface area contributed by atoms with E-state index in [1.807, 2.05) is 12.1 Å². The van der Waals surface area contributed by atoms with Gasteiger partial charge in [0.15, 0.2) is 5.58 Å². The van der Waals surface area contributed by atoms with Crippen LogP contribution in [0, 0.1) is 17.3 Å².